The van der Waals surface area contributed by atoms with Crippen LogP contribution in [0.3, 0.4) is 0 Å². The summed E-state index contributed by atoms with van der Waals surface area (Å²) in [6.45, 7) is 5.61. The van der Waals surface area contributed by atoms with Crippen molar-refractivity contribution in [1.82, 2.24) is 14.5 Å². The van der Waals surface area contributed by atoms with Crippen molar-refractivity contribution in [1.29, 1.82) is 0 Å². The molecule has 0 N–H and O–H groups in total. The SMILES string of the molecule is CC(CCOc1ccc(-n2ccnc2)cc1)N1CCCCCC1. The van der Waals surface area contributed by atoms with E-state index in [1.807, 2.05) is 22.9 Å². The van der Waals surface area contributed by atoms with E-state index < -0.39 is 0 Å². The molecule has 0 radical (unpaired) electrons. The van der Waals surface area contributed by atoms with Gasteiger partial charge in [-0.1, -0.05) is 12.8 Å². The van der Waals surface area contributed by atoms with E-state index in [1.165, 1.54) is 38.8 Å². The molecule has 1 aromatic heterocycles. The van der Waals surface area contributed by atoms with Crippen LogP contribution in [0.25, 0.3) is 5.69 Å². The molecule has 1 fully saturated rings. The first-order valence-corrected chi connectivity index (χ1v) is 8.78. The largest absolute Gasteiger partial charge is 0.494 e. The van der Waals surface area contributed by atoms with Crippen LogP contribution in [0.4, 0.5) is 0 Å². The third kappa shape index (κ3) is 4.58. The van der Waals surface area contributed by atoms with Crippen molar-refractivity contribution in [3.8, 4) is 11.4 Å². The lowest BCUT2D eigenvalue weighted by Gasteiger charge is -2.27. The summed E-state index contributed by atoms with van der Waals surface area (Å²) < 4.78 is 7.91. The predicted molar refractivity (Wildman–Crippen MR) is 93.2 cm³/mol. The van der Waals surface area contributed by atoms with Gasteiger partial charge in [0.05, 0.1) is 12.9 Å². The van der Waals surface area contributed by atoms with Crippen molar-refractivity contribution in [2.24, 2.45) is 0 Å². The molecule has 1 aliphatic heterocycles. The second-order valence-corrected chi connectivity index (χ2v) is 6.40. The zero-order chi connectivity index (χ0) is 15.9. The van der Waals surface area contributed by atoms with Gasteiger partial charge in [-0.05, 0) is 63.5 Å². The van der Waals surface area contributed by atoms with Gasteiger partial charge >= 0.3 is 0 Å². The fourth-order valence-electron chi connectivity index (χ4n) is 3.19. The van der Waals surface area contributed by atoms with Gasteiger partial charge in [0, 0.05) is 24.1 Å². The smallest absolute Gasteiger partial charge is 0.119 e. The second kappa shape index (κ2) is 8.16. The third-order valence-corrected chi connectivity index (χ3v) is 4.71. The fourth-order valence-corrected chi connectivity index (χ4v) is 3.19. The summed E-state index contributed by atoms with van der Waals surface area (Å²) in [6, 6.07) is 8.81. The van der Waals surface area contributed by atoms with Gasteiger partial charge in [-0.3, -0.25) is 0 Å². The Balaban J connectivity index is 1.45. The zero-order valence-corrected chi connectivity index (χ0v) is 14.0. The Morgan fingerprint density at radius 1 is 1.09 bits per heavy atom. The number of likely N-dealkylation sites (tertiary alicyclic amines) is 1. The first-order valence-electron chi connectivity index (χ1n) is 8.78. The van der Waals surface area contributed by atoms with Gasteiger partial charge in [0.25, 0.3) is 0 Å². The van der Waals surface area contributed by atoms with Crippen molar-refractivity contribution in [3.05, 3.63) is 43.0 Å². The summed E-state index contributed by atoms with van der Waals surface area (Å²) in [4.78, 5) is 6.69. The first kappa shape index (κ1) is 16.1. The minimum atomic E-state index is 0.610. The number of imidazole rings is 1. The van der Waals surface area contributed by atoms with Crippen LogP contribution < -0.4 is 4.74 Å². The van der Waals surface area contributed by atoms with E-state index in [0.717, 1.165) is 24.5 Å². The molecule has 1 saturated heterocycles. The molecule has 1 aliphatic rings. The fraction of sp³-hybridized carbons (Fsp3) is 0.526. The van der Waals surface area contributed by atoms with Gasteiger partial charge in [0.2, 0.25) is 0 Å². The quantitative estimate of drug-likeness (QED) is 0.810. The molecule has 1 aromatic carbocycles. The van der Waals surface area contributed by atoms with E-state index in [0.29, 0.717) is 6.04 Å². The standard InChI is InChI=1S/C19H27N3O/c1-17(21-12-4-2-3-5-13-21)10-15-23-19-8-6-18(7-9-19)22-14-11-20-16-22/h6-9,11,14,16-17H,2-5,10,12-13,15H2,1H3. The second-order valence-electron chi connectivity index (χ2n) is 6.40. The Bertz CT molecular complexity index is 557. The molecule has 2 heterocycles. The summed E-state index contributed by atoms with van der Waals surface area (Å²) in [5, 5.41) is 0. The van der Waals surface area contributed by atoms with Gasteiger partial charge in [0.1, 0.15) is 5.75 Å². The Labute approximate surface area is 139 Å². The molecule has 124 valence electrons. The molecule has 0 bridgehead atoms. The van der Waals surface area contributed by atoms with Gasteiger partial charge < -0.3 is 14.2 Å². The van der Waals surface area contributed by atoms with Crippen LogP contribution in [-0.2, 0) is 0 Å². The van der Waals surface area contributed by atoms with Crippen molar-refractivity contribution < 1.29 is 4.74 Å². The number of aromatic nitrogens is 2. The van der Waals surface area contributed by atoms with E-state index in [9.17, 15) is 0 Å². The Kier molecular flexibility index (Phi) is 5.70. The van der Waals surface area contributed by atoms with Crippen molar-refractivity contribution in [2.45, 2.75) is 45.1 Å². The highest BCUT2D eigenvalue weighted by Gasteiger charge is 2.15. The minimum absolute atomic E-state index is 0.610. The molecular formula is C19H27N3O. The number of hydrogen-bond donors (Lipinski definition) is 0. The van der Waals surface area contributed by atoms with Crippen molar-refractivity contribution >= 4 is 0 Å². The monoisotopic (exact) mass is 313 g/mol. The average Bonchev–Trinajstić information content (AvgIpc) is 2.97. The van der Waals surface area contributed by atoms with Gasteiger partial charge in [-0.25, -0.2) is 4.98 Å². The highest BCUT2D eigenvalue weighted by Crippen LogP contribution is 2.17. The molecule has 0 saturated carbocycles. The predicted octanol–water partition coefficient (Wildman–Crippen LogP) is 3.91. The molecule has 3 rings (SSSR count). The number of ether oxygens (including phenoxy) is 1. The number of hydrogen-bond acceptors (Lipinski definition) is 3. The van der Waals surface area contributed by atoms with E-state index in [-0.39, 0.29) is 0 Å². The van der Waals surface area contributed by atoms with E-state index in [2.05, 4.69) is 28.9 Å². The lowest BCUT2D eigenvalue weighted by atomic mass is 10.2. The molecule has 0 spiro atoms. The highest BCUT2D eigenvalue weighted by molar-refractivity contribution is 5.37. The van der Waals surface area contributed by atoms with E-state index in [4.69, 9.17) is 4.74 Å². The van der Waals surface area contributed by atoms with Crippen LogP contribution in [-0.4, -0.2) is 40.2 Å². The average molecular weight is 313 g/mol. The summed E-state index contributed by atoms with van der Waals surface area (Å²) in [5.74, 6) is 0.942. The zero-order valence-electron chi connectivity index (χ0n) is 14.0. The van der Waals surface area contributed by atoms with E-state index in [1.54, 1.807) is 12.5 Å². The highest BCUT2D eigenvalue weighted by atomic mass is 16.5. The van der Waals surface area contributed by atoms with Crippen LogP contribution in [0, 0.1) is 0 Å². The maximum atomic E-state index is 5.92. The molecule has 4 nitrogen and oxygen atoms in total. The lowest BCUT2D eigenvalue weighted by molar-refractivity contribution is 0.179. The number of rotatable bonds is 6. The van der Waals surface area contributed by atoms with Crippen molar-refractivity contribution in [2.75, 3.05) is 19.7 Å². The Morgan fingerprint density at radius 3 is 2.48 bits per heavy atom. The maximum absolute atomic E-state index is 5.92. The van der Waals surface area contributed by atoms with Crippen LogP contribution in [0.5, 0.6) is 5.75 Å². The maximum Gasteiger partial charge on any atom is 0.119 e. The molecule has 4 heteroatoms. The topological polar surface area (TPSA) is 30.3 Å². The number of nitrogens with zero attached hydrogens (tertiary/aromatic N) is 3. The van der Waals surface area contributed by atoms with Crippen LogP contribution in [0.1, 0.15) is 39.0 Å². The van der Waals surface area contributed by atoms with Gasteiger partial charge in [-0.15, -0.1) is 0 Å². The van der Waals surface area contributed by atoms with Crippen molar-refractivity contribution in [3.63, 3.8) is 0 Å². The third-order valence-electron chi connectivity index (χ3n) is 4.71. The molecule has 1 atom stereocenters. The van der Waals surface area contributed by atoms with Crippen LogP contribution in [0.15, 0.2) is 43.0 Å². The first-order chi connectivity index (χ1) is 11.3. The molecular weight excluding hydrogens is 286 g/mol. The molecule has 2 aromatic rings. The van der Waals surface area contributed by atoms with Crippen LogP contribution in [0.2, 0.25) is 0 Å². The Morgan fingerprint density at radius 2 is 1.83 bits per heavy atom. The Hall–Kier alpha value is -1.81. The summed E-state index contributed by atoms with van der Waals surface area (Å²) in [5.41, 5.74) is 1.10. The summed E-state index contributed by atoms with van der Waals surface area (Å²) in [7, 11) is 0. The normalized spacial score (nSPS) is 17.6. The van der Waals surface area contributed by atoms with Crippen LogP contribution >= 0.6 is 0 Å². The van der Waals surface area contributed by atoms with Gasteiger partial charge in [0.15, 0.2) is 0 Å². The van der Waals surface area contributed by atoms with E-state index >= 15 is 0 Å². The van der Waals surface area contributed by atoms with Gasteiger partial charge in [-0.2, -0.15) is 0 Å². The minimum Gasteiger partial charge on any atom is -0.494 e. The summed E-state index contributed by atoms with van der Waals surface area (Å²) in [6.07, 6.45) is 12.1. The molecule has 0 amide bonds. The molecule has 23 heavy (non-hydrogen) atoms. The number of benzene rings is 1. The lowest BCUT2D eigenvalue weighted by Crippen LogP contribution is -2.34. The molecule has 0 aliphatic carbocycles. The summed E-state index contributed by atoms with van der Waals surface area (Å²) >= 11 is 0. The molecule has 1 unspecified atom stereocenters.